The second-order valence-corrected chi connectivity index (χ2v) is 5.79. The van der Waals surface area contributed by atoms with Crippen LogP contribution in [0.1, 0.15) is 19.4 Å². The van der Waals surface area contributed by atoms with E-state index in [4.69, 9.17) is 12.2 Å². The molecular formula is C17H21N3O2S. The zero-order valence-electron chi connectivity index (χ0n) is 13.9. The molecule has 0 unspecified atom stereocenters. The van der Waals surface area contributed by atoms with E-state index in [-0.39, 0.29) is 22.5 Å². The van der Waals surface area contributed by atoms with Crippen molar-refractivity contribution >= 4 is 40.9 Å². The van der Waals surface area contributed by atoms with Crippen molar-refractivity contribution in [3.05, 3.63) is 35.4 Å². The summed E-state index contributed by atoms with van der Waals surface area (Å²) >= 11 is 5.24. The van der Waals surface area contributed by atoms with Gasteiger partial charge in [0.2, 0.25) is 0 Å². The van der Waals surface area contributed by atoms with Gasteiger partial charge in [-0.2, -0.15) is 0 Å². The van der Waals surface area contributed by atoms with Crippen molar-refractivity contribution < 1.29 is 9.59 Å². The van der Waals surface area contributed by atoms with E-state index in [1.807, 2.05) is 57.1 Å². The van der Waals surface area contributed by atoms with Crippen LogP contribution in [0.15, 0.2) is 29.8 Å². The molecule has 2 rings (SSSR count). The molecular weight excluding hydrogens is 310 g/mol. The molecule has 23 heavy (non-hydrogen) atoms. The molecule has 1 fully saturated rings. The van der Waals surface area contributed by atoms with E-state index < -0.39 is 0 Å². The van der Waals surface area contributed by atoms with Gasteiger partial charge >= 0.3 is 0 Å². The number of hydrogen-bond acceptors (Lipinski definition) is 4. The zero-order valence-corrected chi connectivity index (χ0v) is 14.7. The van der Waals surface area contributed by atoms with Crippen LogP contribution in [0, 0.1) is 0 Å². The van der Waals surface area contributed by atoms with Crippen LogP contribution in [-0.4, -0.2) is 53.9 Å². The van der Waals surface area contributed by atoms with Gasteiger partial charge in [-0.15, -0.1) is 0 Å². The lowest BCUT2D eigenvalue weighted by atomic mass is 10.1. The number of likely N-dealkylation sites (N-methyl/N-ethyl adjacent to an activating group) is 2. The maximum atomic E-state index is 12.5. The monoisotopic (exact) mass is 331 g/mol. The number of hydrogen-bond donors (Lipinski definition) is 0. The molecule has 0 N–H and O–H groups in total. The fourth-order valence-corrected chi connectivity index (χ4v) is 2.84. The summed E-state index contributed by atoms with van der Waals surface area (Å²) in [5, 5.41) is 0.283. The largest absolute Gasteiger partial charge is 0.378 e. The van der Waals surface area contributed by atoms with Crippen molar-refractivity contribution in [2.75, 3.05) is 32.1 Å². The summed E-state index contributed by atoms with van der Waals surface area (Å²) in [6.45, 7) is 4.57. The number of carbonyl (C=O) groups is 2. The molecule has 0 atom stereocenters. The maximum absolute atomic E-state index is 12.5. The smallest absolute Gasteiger partial charge is 0.265 e. The lowest BCUT2D eigenvalue weighted by molar-refractivity contribution is -0.133. The molecule has 0 radical (unpaired) electrons. The third-order valence-corrected chi connectivity index (χ3v) is 4.21. The van der Waals surface area contributed by atoms with Gasteiger partial charge in [-0.3, -0.25) is 19.4 Å². The molecule has 0 aliphatic carbocycles. The number of carbonyl (C=O) groups excluding carboxylic acids is 2. The normalized spacial score (nSPS) is 15.3. The first-order chi connectivity index (χ1) is 10.9. The van der Waals surface area contributed by atoms with Crippen LogP contribution in [0.4, 0.5) is 5.69 Å². The Morgan fingerprint density at radius 1 is 1.00 bits per heavy atom. The predicted octanol–water partition coefficient (Wildman–Crippen LogP) is 2.13. The molecule has 0 spiro atoms. The first-order valence-corrected chi connectivity index (χ1v) is 7.98. The van der Waals surface area contributed by atoms with Gasteiger partial charge in [0, 0.05) is 32.9 Å². The number of amides is 2. The van der Waals surface area contributed by atoms with E-state index in [2.05, 4.69) is 0 Å². The Morgan fingerprint density at radius 3 is 1.87 bits per heavy atom. The van der Waals surface area contributed by atoms with Gasteiger partial charge in [-0.1, -0.05) is 12.1 Å². The Hall–Kier alpha value is -2.21. The molecule has 0 saturated carbocycles. The second kappa shape index (κ2) is 6.91. The summed E-state index contributed by atoms with van der Waals surface area (Å²) in [4.78, 5) is 30.0. The highest BCUT2D eigenvalue weighted by Crippen LogP contribution is 2.21. The minimum atomic E-state index is -0.330. The van der Waals surface area contributed by atoms with Crippen molar-refractivity contribution in [1.82, 2.24) is 9.80 Å². The van der Waals surface area contributed by atoms with Crippen LogP contribution < -0.4 is 4.90 Å². The van der Waals surface area contributed by atoms with Gasteiger partial charge in [0.15, 0.2) is 5.11 Å². The molecule has 5 nitrogen and oxygen atoms in total. The third kappa shape index (κ3) is 3.27. The van der Waals surface area contributed by atoms with Crippen LogP contribution in [0.2, 0.25) is 0 Å². The van der Waals surface area contributed by atoms with Gasteiger partial charge in [-0.25, -0.2) is 0 Å². The van der Waals surface area contributed by atoms with E-state index in [1.54, 1.807) is 6.08 Å². The molecule has 6 heteroatoms. The maximum Gasteiger partial charge on any atom is 0.265 e. The molecule has 1 saturated heterocycles. The van der Waals surface area contributed by atoms with Crippen molar-refractivity contribution in [2.45, 2.75) is 13.8 Å². The lowest BCUT2D eigenvalue weighted by Gasteiger charge is -2.35. The molecule has 1 aromatic carbocycles. The van der Waals surface area contributed by atoms with Crippen LogP contribution in [0.3, 0.4) is 0 Å². The highest BCUT2D eigenvalue weighted by atomic mass is 32.1. The van der Waals surface area contributed by atoms with Gasteiger partial charge < -0.3 is 4.90 Å². The van der Waals surface area contributed by atoms with Crippen molar-refractivity contribution in [3.63, 3.8) is 0 Å². The van der Waals surface area contributed by atoms with Crippen molar-refractivity contribution in [1.29, 1.82) is 0 Å². The molecule has 1 heterocycles. The van der Waals surface area contributed by atoms with E-state index in [9.17, 15) is 9.59 Å². The van der Waals surface area contributed by atoms with Gasteiger partial charge in [0.1, 0.15) is 5.57 Å². The highest BCUT2D eigenvalue weighted by Gasteiger charge is 2.37. The van der Waals surface area contributed by atoms with E-state index in [0.717, 1.165) is 11.3 Å². The Bertz CT molecular complexity index is 637. The summed E-state index contributed by atoms with van der Waals surface area (Å²) in [5.41, 5.74) is 2.02. The van der Waals surface area contributed by atoms with Gasteiger partial charge in [0.05, 0.1) is 0 Å². The molecule has 2 amide bonds. The van der Waals surface area contributed by atoms with E-state index in [1.165, 1.54) is 9.80 Å². The van der Waals surface area contributed by atoms with Crippen LogP contribution >= 0.6 is 12.2 Å². The zero-order chi connectivity index (χ0) is 17.1. The number of nitrogens with zero attached hydrogens (tertiary/aromatic N) is 3. The fourth-order valence-electron chi connectivity index (χ4n) is 2.42. The lowest BCUT2D eigenvalue weighted by Crippen LogP contribution is -2.55. The highest BCUT2D eigenvalue weighted by molar-refractivity contribution is 7.80. The first-order valence-electron chi connectivity index (χ1n) is 7.57. The molecule has 1 aliphatic heterocycles. The Morgan fingerprint density at radius 2 is 1.48 bits per heavy atom. The predicted molar refractivity (Wildman–Crippen MR) is 96.1 cm³/mol. The number of benzene rings is 1. The van der Waals surface area contributed by atoms with E-state index >= 15 is 0 Å². The van der Waals surface area contributed by atoms with Gasteiger partial charge in [0.25, 0.3) is 11.8 Å². The Labute approximate surface area is 142 Å². The average molecular weight is 331 g/mol. The Kier molecular flexibility index (Phi) is 5.15. The second-order valence-electron chi connectivity index (χ2n) is 5.43. The fraction of sp³-hybridized carbons (Fsp3) is 0.353. The minimum absolute atomic E-state index is 0.153. The average Bonchev–Trinajstić information content (AvgIpc) is 2.53. The summed E-state index contributed by atoms with van der Waals surface area (Å²) < 4.78 is 0. The molecule has 1 aromatic rings. The SMILES string of the molecule is CCN1C(=O)C(=Cc2ccc(N(C)C)cc2)C(=O)N(CC)C1=S. The van der Waals surface area contributed by atoms with E-state index in [0.29, 0.717) is 13.1 Å². The quantitative estimate of drug-likeness (QED) is 0.482. The summed E-state index contributed by atoms with van der Waals surface area (Å²) in [5.74, 6) is -0.659. The molecule has 0 aromatic heterocycles. The van der Waals surface area contributed by atoms with Gasteiger partial charge in [-0.05, 0) is 49.8 Å². The van der Waals surface area contributed by atoms with Crippen LogP contribution in [0.25, 0.3) is 6.08 Å². The number of thiocarbonyl (C=S) groups is 1. The number of anilines is 1. The van der Waals surface area contributed by atoms with Crippen molar-refractivity contribution in [2.24, 2.45) is 0 Å². The third-order valence-electron chi connectivity index (χ3n) is 3.77. The summed E-state index contributed by atoms with van der Waals surface area (Å²) in [7, 11) is 3.92. The van der Waals surface area contributed by atoms with Crippen LogP contribution in [0.5, 0.6) is 0 Å². The Balaban J connectivity index is 2.40. The topological polar surface area (TPSA) is 43.9 Å². The molecule has 1 aliphatic rings. The first kappa shape index (κ1) is 17.1. The molecule has 0 bridgehead atoms. The summed E-state index contributed by atoms with van der Waals surface area (Å²) in [6, 6.07) is 7.68. The number of rotatable bonds is 4. The van der Waals surface area contributed by atoms with Crippen molar-refractivity contribution in [3.8, 4) is 0 Å². The molecule has 122 valence electrons. The summed E-state index contributed by atoms with van der Waals surface area (Å²) in [6.07, 6.45) is 1.64. The van der Waals surface area contributed by atoms with Crippen LogP contribution in [-0.2, 0) is 9.59 Å². The standard InChI is InChI=1S/C17H21N3O2S/c1-5-19-15(21)14(16(22)20(6-2)17(19)23)11-12-7-9-13(10-8-12)18(3)4/h7-11H,5-6H2,1-4H3. The minimum Gasteiger partial charge on any atom is -0.378 e.